The molecule has 0 aliphatic heterocycles. The van der Waals surface area contributed by atoms with E-state index in [0.717, 1.165) is 5.39 Å². The van der Waals surface area contributed by atoms with Crippen molar-refractivity contribution in [2.75, 3.05) is 13.2 Å². The minimum absolute atomic E-state index is 0.105. The summed E-state index contributed by atoms with van der Waals surface area (Å²) in [7, 11) is 0. The van der Waals surface area contributed by atoms with Gasteiger partial charge >= 0.3 is 0 Å². The Morgan fingerprint density at radius 2 is 1.90 bits per heavy atom. The molecule has 21 heavy (non-hydrogen) atoms. The van der Waals surface area contributed by atoms with E-state index in [-0.39, 0.29) is 24.1 Å². The minimum Gasteiger partial charge on any atom is -0.504 e. The van der Waals surface area contributed by atoms with Crippen LogP contribution in [0.15, 0.2) is 30.3 Å². The molecule has 0 saturated heterocycles. The van der Waals surface area contributed by atoms with Gasteiger partial charge in [0.1, 0.15) is 18.5 Å². The lowest BCUT2D eigenvalue weighted by Crippen LogP contribution is -2.35. The number of aromatic hydroxyl groups is 2. The third-order valence-electron chi connectivity index (χ3n) is 3.15. The molecular weight excluding hydrogens is 270 g/mol. The normalized spacial score (nSPS) is 12.8. The average molecular weight is 291 g/mol. The molecule has 1 unspecified atom stereocenters. The fraction of sp³-hybridized carbons (Fsp3) is 0.375. The molecule has 0 radical (unpaired) electrons. The van der Waals surface area contributed by atoms with Crippen LogP contribution in [-0.4, -0.2) is 40.6 Å². The first kappa shape index (κ1) is 15.4. The van der Waals surface area contributed by atoms with Crippen molar-refractivity contribution in [1.29, 1.82) is 0 Å². The highest BCUT2D eigenvalue weighted by molar-refractivity contribution is 5.95. The van der Waals surface area contributed by atoms with Gasteiger partial charge in [0.15, 0.2) is 11.5 Å². The summed E-state index contributed by atoms with van der Waals surface area (Å²) >= 11 is 0. The zero-order valence-corrected chi connectivity index (χ0v) is 12.2. The topological polar surface area (TPSA) is 82.0 Å². The predicted octanol–water partition coefficient (Wildman–Crippen LogP) is 1.99. The van der Waals surface area contributed by atoms with Gasteiger partial charge in [0.25, 0.3) is 0 Å². The van der Waals surface area contributed by atoms with Crippen LogP contribution >= 0.6 is 0 Å². The van der Waals surface area contributed by atoms with Crippen LogP contribution in [0.3, 0.4) is 0 Å². The summed E-state index contributed by atoms with van der Waals surface area (Å²) < 4.78 is 5.59. The highest BCUT2D eigenvalue weighted by atomic mass is 16.5. The fourth-order valence-corrected chi connectivity index (χ4v) is 2.05. The van der Waals surface area contributed by atoms with Gasteiger partial charge in [0.05, 0.1) is 5.39 Å². The molecule has 0 fully saturated rings. The van der Waals surface area contributed by atoms with E-state index in [1.807, 2.05) is 19.9 Å². The van der Waals surface area contributed by atoms with Gasteiger partial charge in [-0.15, -0.1) is 0 Å². The molecule has 4 N–H and O–H groups in total. The van der Waals surface area contributed by atoms with Gasteiger partial charge in [0.2, 0.25) is 0 Å². The van der Waals surface area contributed by atoms with Crippen molar-refractivity contribution in [3.8, 4) is 17.2 Å². The first-order valence-electron chi connectivity index (χ1n) is 6.97. The number of phenols is 2. The first-order chi connectivity index (χ1) is 9.99. The molecule has 0 spiro atoms. The smallest absolute Gasteiger partial charge is 0.169 e. The number of phenolic OH excluding ortho intramolecular Hbond substituents is 2. The summed E-state index contributed by atoms with van der Waals surface area (Å²) in [6, 6.07) is 8.74. The lowest BCUT2D eigenvalue weighted by atomic mass is 10.1. The maximum atomic E-state index is 9.98. The lowest BCUT2D eigenvalue weighted by molar-refractivity contribution is 0.105. The molecular formula is C16H21NO4. The number of rotatable bonds is 6. The van der Waals surface area contributed by atoms with Gasteiger partial charge in [-0.1, -0.05) is 32.0 Å². The van der Waals surface area contributed by atoms with Crippen LogP contribution in [-0.2, 0) is 0 Å². The Balaban J connectivity index is 2.13. The van der Waals surface area contributed by atoms with Crippen molar-refractivity contribution in [1.82, 2.24) is 5.32 Å². The Kier molecular flexibility index (Phi) is 4.88. The summed E-state index contributed by atoms with van der Waals surface area (Å²) in [5, 5.41) is 33.8. The molecule has 0 amide bonds. The van der Waals surface area contributed by atoms with Gasteiger partial charge in [-0.05, 0) is 17.5 Å². The molecule has 0 heterocycles. The van der Waals surface area contributed by atoms with Crippen molar-refractivity contribution in [3.05, 3.63) is 30.3 Å². The molecule has 0 saturated carbocycles. The Bertz CT molecular complexity index is 612. The lowest BCUT2D eigenvalue weighted by Gasteiger charge is -2.16. The highest BCUT2D eigenvalue weighted by Crippen LogP contribution is 2.39. The third kappa shape index (κ3) is 3.77. The number of ether oxygens (including phenoxy) is 1. The number of hydrogen-bond acceptors (Lipinski definition) is 5. The zero-order chi connectivity index (χ0) is 15.4. The molecule has 2 aromatic carbocycles. The molecule has 5 heteroatoms. The molecule has 0 bridgehead atoms. The standard InChI is InChI=1S/C16H21NO4/c1-10(2)17-8-12(18)9-21-14-5-3-4-11-6-7-13(19)16(20)15(11)14/h3-7,10,12,17-20H,8-9H2,1-2H3. The van der Waals surface area contributed by atoms with Gasteiger partial charge in [-0.3, -0.25) is 0 Å². The van der Waals surface area contributed by atoms with Crippen molar-refractivity contribution in [3.63, 3.8) is 0 Å². The fourth-order valence-electron chi connectivity index (χ4n) is 2.05. The summed E-state index contributed by atoms with van der Waals surface area (Å²) in [5.74, 6) is 0.0305. The van der Waals surface area contributed by atoms with Crippen molar-refractivity contribution in [2.45, 2.75) is 26.0 Å². The summed E-state index contributed by atoms with van der Waals surface area (Å²) in [5.41, 5.74) is 0. The SMILES string of the molecule is CC(C)NCC(O)COc1cccc2ccc(O)c(O)c12. The van der Waals surface area contributed by atoms with Gasteiger partial charge < -0.3 is 25.4 Å². The van der Waals surface area contributed by atoms with Crippen LogP contribution in [0.5, 0.6) is 17.2 Å². The Morgan fingerprint density at radius 3 is 2.62 bits per heavy atom. The van der Waals surface area contributed by atoms with E-state index in [1.54, 1.807) is 18.2 Å². The second-order valence-corrected chi connectivity index (χ2v) is 5.32. The molecule has 0 aliphatic rings. The van der Waals surface area contributed by atoms with E-state index < -0.39 is 6.10 Å². The number of nitrogens with one attached hydrogen (secondary N) is 1. The summed E-state index contributed by atoms with van der Waals surface area (Å²) in [4.78, 5) is 0. The van der Waals surface area contributed by atoms with Crippen molar-refractivity contribution < 1.29 is 20.1 Å². The molecule has 2 rings (SSSR count). The van der Waals surface area contributed by atoms with Gasteiger partial charge in [0, 0.05) is 12.6 Å². The second-order valence-electron chi connectivity index (χ2n) is 5.32. The van der Waals surface area contributed by atoms with Gasteiger partial charge in [-0.25, -0.2) is 0 Å². The summed E-state index contributed by atoms with van der Waals surface area (Å²) in [6.07, 6.45) is -0.651. The van der Waals surface area contributed by atoms with E-state index in [4.69, 9.17) is 4.74 Å². The Hall–Kier alpha value is -1.98. The van der Waals surface area contributed by atoms with E-state index >= 15 is 0 Å². The first-order valence-corrected chi connectivity index (χ1v) is 6.97. The number of fused-ring (bicyclic) bond motifs is 1. The molecule has 2 aromatic rings. The monoisotopic (exact) mass is 291 g/mol. The summed E-state index contributed by atoms with van der Waals surface area (Å²) in [6.45, 7) is 4.53. The Labute approximate surface area is 123 Å². The van der Waals surface area contributed by atoms with E-state index in [0.29, 0.717) is 17.7 Å². The second kappa shape index (κ2) is 6.65. The molecule has 114 valence electrons. The van der Waals surface area contributed by atoms with Crippen LogP contribution in [0.1, 0.15) is 13.8 Å². The number of aliphatic hydroxyl groups excluding tert-OH is 1. The van der Waals surface area contributed by atoms with Crippen LogP contribution < -0.4 is 10.1 Å². The van der Waals surface area contributed by atoms with Crippen LogP contribution in [0.4, 0.5) is 0 Å². The zero-order valence-electron chi connectivity index (χ0n) is 12.2. The largest absolute Gasteiger partial charge is 0.504 e. The third-order valence-corrected chi connectivity index (χ3v) is 3.15. The maximum Gasteiger partial charge on any atom is 0.169 e. The molecule has 0 aliphatic carbocycles. The molecule has 1 atom stereocenters. The predicted molar refractivity (Wildman–Crippen MR) is 81.9 cm³/mol. The van der Waals surface area contributed by atoms with Crippen LogP contribution in [0.25, 0.3) is 10.8 Å². The van der Waals surface area contributed by atoms with Gasteiger partial charge in [-0.2, -0.15) is 0 Å². The van der Waals surface area contributed by atoms with E-state index in [1.165, 1.54) is 6.07 Å². The average Bonchev–Trinajstić information content (AvgIpc) is 2.46. The Morgan fingerprint density at radius 1 is 1.14 bits per heavy atom. The van der Waals surface area contributed by atoms with Crippen LogP contribution in [0, 0.1) is 0 Å². The number of benzene rings is 2. The van der Waals surface area contributed by atoms with Crippen molar-refractivity contribution >= 4 is 10.8 Å². The molecule has 0 aromatic heterocycles. The number of hydrogen-bond donors (Lipinski definition) is 4. The van der Waals surface area contributed by atoms with Crippen LogP contribution in [0.2, 0.25) is 0 Å². The highest BCUT2D eigenvalue weighted by Gasteiger charge is 2.12. The van der Waals surface area contributed by atoms with E-state index in [2.05, 4.69) is 5.32 Å². The quantitative estimate of drug-likeness (QED) is 0.612. The van der Waals surface area contributed by atoms with E-state index in [9.17, 15) is 15.3 Å². The maximum absolute atomic E-state index is 9.98. The number of aliphatic hydroxyl groups is 1. The molecule has 5 nitrogen and oxygen atoms in total. The van der Waals surface area contributed by atoms with Crippen molar-refractivity contribution in [2.24, 2.45) is 0 Å². The minimum atomic E-state index is -0.651.